The van der Waals surface area contributed by atoms with Gasteiger partial charge in [0, 0.05) is 22.5 Å². The molecule has 0 fully saturated rings. The molecule has 2 aliphatic rings. The fourth-order valence-corrected chi connectivity index (χ4v) is 9.28. The van der Waals surface area contributed by atoms with Crippen LogP contribution in [0.15, 0.2) is 200 Å². The van der Waals surface area contributed by atoms with Gasteiger partial charge in [0.1, 0.15) is 0 Å². The van der Waals surface area contributed by atoms with Gasteiger partial charge in [-0.25, -0.2) is 0 Å². The van der Waals surface area contributed by atoms with Crippen LogP contribution in [0.2, 0.25) is 0 Å². The second-order valence-corrected chi connectivity index (χ2v) is 14.9. The lowest BCUT2D eigenvalue weighted by Crippen LogP contribution is -2.28. The average Bonchev–Trinajstić information content (AvgIpc) is 3.64. The summed E-state index contributed by atoms with van der Waals surface area (Å²) < 4.78 is 0. The minimum Gasteiger partial charge on any atom is -0.310 e. The third kappa shape index (κ3) is 4.70. The highest BCUT2D eigenvalue weighted by Crippen LogP contribution is 2.58. The van der Waals surface area contributed by atoms with Crippen LogP contribution in [0.4, 0.5) is 17.1 Å². The number of fused-ring (bicyclic) bond motifs is 6. The van der Waals surface area contributed by atoms with Crippen molar-refractivity contribution in [3.63, 3.8) is 0 Å². The predicted octanol–water partition coefficient (Wildman–Crippen LogP) is 13.5. The maximum absolute atomic E-state index is 2.47. The lowest BCUT2D eigenvalue weighted by Gasteiger charge is -2.35. The predicted molar refractivity (Wildman–Crippen MR) is 221 cm³/mol. The Morgan fingerprint density at radius 2 is 0.774 bits per heavy atom. The van der Waals surface area contributed by atoms with Gasteiger partial charge in [-0.15, -0.1) is 0 Å². The van der Waals surface area contributed by atoms with Gasteiger partial charge in [0.05, 0.1) is 5.41 Å². The van der Waals surface area contributed by atoms with Gasteiger partial charge >= 0.3 is 0 Å². The third-order valence-corrected chi connectivity index (χ3v) is 11.8. The van der Waals surface area contributed by atoms with Crippen molar-refractivity contribution >= 4 is 17.1 Å². The molecule has 2 aliphatic carbocycles. The van der Waals surface area contributed by atoms with Crippen molar-refractivity contribution in [1.82, 2.24) is 0 Å². The summed E-state index contributed by atoms with van der Waals surface area (Å²) in [5, 5.41) is 0. The van der Waals surface area contributed by atoms with Crippen LogP contribution in [0.5, 0.6) is 0 Å². The molecular weight excluding hydrogens is 639 g/mol. The maximum Gasteiger partial charge on any atom is 0.0714 e. The molecule has 1 atom stereocenters. The molecule has 0 spiro atoms. The molecule has 8 aromatic rings. The second kappa shape index (κ2) is 12.1. The van der Waals surface area contributed by atoms with Crippen molar-refractivity contribution in [3.05, 3.63) is 234 Å². The Labute approximate surface area is 312 Å². The molecule has 0 amide bonds. The highest BCUT2D eigenvalue weighted by Gasteiger charge is 2.46. The zero-order valence-corrected chi connectivity index (χ0v) is 30.0. The van der Waals surface area contributed by atoms with E-state index in [1.807, 2.05) is 0 Å². The van der Waals surface area contributed by atoms with E-state index in [9.17, 15) is 0 Å². The number of hydrogen-bond donors (Lipinski definition) is 0. The van der Waals surface area contributed by atoms with Gasteiger partial charge < -0.3 is 4.90 Å². The molecule has 8 aromatic carbocycles. The fraction of sp³-hybridized carbons (Fsp3) is 0.0769. The number of nitrogens with zero attached hydrogens (tertiary/aromatic N) is 1. The Morgan fingerprint density at radius 1 is 0.321 bits per heavy atom. The number of para-hydroxylation sites is 1. The molecule has 1 heteroatoms. The third-order valence-electron chi connectivity index (χ3n) is 11.8. The number of anilines is 3. The summed E-state index contributed by atoms with van der Waals surface area (Å²) in [5.41, 5.74) is 18.4. The van der Waals surface area contributed by atoms with E-state index in [0.29, 0.717) is 0 Å². The molecule has 1 unspecified atom stereocenters. The highest BCUT2D eigenvalue weighted by atomic mass is 15.1. The quantitative estimate of drug-likeness (QED) is 0.169. The first-order chi connectivity index (χ1) is 26.0. The lowest BCUT2D eigenvalue weighted by atomic mass is 9.67. The van der Waals surface area contributed by atoms with Gasteiger partial charge in [-0.1, -0.05) is 178 Å². The van der Waals surface area contributed by atoms with Gasteiger partial charge in [0.25, 0.3) is 0 Å². The fourth-order valence-electron chi connectivity index (χ4n) is 9.28. The first-order valence-corrected chi connectivity index (χ1v) is 18.6. The minimum atomic E-state index is -0.512. The summed E-state index contributed by atoms with van der Waals surface area (Å²) in [7, 11) is 0. The normalized spacial score (nSPS) is 16.0. The van der Waals surface area contributed by atoms with Crippen molar-refractivity contribution < 1.29 is 0 Å². The molecule has 0 aromatic heterocycles. The molecule has 53 heavy (non-hydrogen) atoms. The SMILES string of the molecule is CC1(C)c2ccccc2-c2ccc(N(c3ccccc3)c3ccc4c(c3)C(c3ccccc3)(c3ccc(-c5ccccc5)cc3)c3ccccc3-4)cc21. The molecule has 0 saturated carbocycles. The molecule has 0 radical (unpaired) electrons. The van der Waals surface area contributed by atoms with Crippen LogP contribution in [0.3, 0.4) is 0 Å². The van der Waals surface area contributed by atoms with Gasteiger partial charge in [0.2, 0.25) is 0 Å². The average molecular weight is 678 g/mol. The van der Waals surface area contributed by atoms with E-state index in [0.717, 1.165) is 17.1 Å². The first kappa shape index (κ1) is 31.3. The van der Waals surface area contributed by atoms with E-state index in [1.165, 1.54) is 66.8 Å². The van der Waals surface area contributed by atoms with E-state index < -0.39 is 5.41 Å². The van der Waals surface area contributed by atoms with Crippen LogP contribution < -0.4 is 4.90 Å². The van der Waals surface area contributed by atoms with Crippen LogP contribution in [0, 0.1) is 0 Å². The van der Waals surface area contributed by atoms with Crippen molar-refractivity contribution in [2.45, 2.75) is 24.7 Å². The van der Waals surface area contributed by atoms with Crippen molar-refractivity contribution in [2.75, 3.05) is 4.90 Å². The Hall–Kier alpha value is -6.44. The minimum absolute atomic E-state index is 0.0990. The Bertz CT molecular complexity index is 2620. The molecule has 10 rings (SSSR count). The summed E-state index contributed by atoms with van der Waals surface area (Å²) in [4.78, 5) is 2.44. The van der Waals surface area contributed by atoms with E-state index in [-0.39, 0.29) is 5.41 Å². The van der Waals surface area contributed by atoms with E-state index in [1.54, 1.807) is 0 Å². The molecule has 0 bridgehead atoms. The second-order valence-electron chi connectivity index (χ2n) is 14.9. The van der Waals surface area contributed by atoms with E-state index in [4.69, 9.17) is 0 Å². The molecule has 252 valence electrons. The molecule has 0 N–H and O–H groups in total. The molecule has 0 saturated heterocycles. The highest BCUT2D eigenvalue weighted by molar-refractivity contribution is 5.91. The van der Waals surface area contributed by atoms with E-state index >= 15 is 0 Å². The zero-order chi connectivity index (χ0) is 35.6. The van der Waals surface area contributed by atoms with Gasteiger partial charge in [0.15, 0.2) is 0 Å². The van der Waals surface area contributed by atoms with Crippen molar-refractivity contribution in [1.29, 1.82) is 0 Å². The Kier molecular flexibility index (Phi) is 7.13. The molecule has 0 heterocycles. The van der Waals surface area contributed by atoms with Gasteiger partial charge in [-0.2, -0.15) is 0 Å². The summed E-state index contributed by atoms with van der Waals surface area (Å²) in [5.74, 6) is 0. The number of hydrogen-bond acceptors (Lipinski definition) is 1. The summed E-state index contributed by atoms with van der Waals surface area (Å²) in [6, 6.07) is 74.0. The maximum atomic E-state index is 2.47. The smallest absolute Gasteiger partial charge is 0.0714 e. The van der Waals surface area contributed by atoms with Crippen LogP contribution in [-0.4, -0.2) is 0 Å². The van der Waals surface area contributed by atoms with Crippen LogP contribution in [-0.2, 0) is 10.8 Å². The topological polar surface area (TPSA) is 3.24 Å². The Balaban J connectivity index is 1.20. The molecular formula is C52H39N. The number of benzene rings is 8. The standard InChI is InChI=1S/C52H39N/c1-51(2)47-24-14-12-22-43(47)45-32-30-41(34-49(45)51)53(40-20-10-5-11-21-40)42-31-33-46-44-23-13-15-25-48(44)52(50(46)35-42,38-18-8-4-9-19-38)39-28-26-37(27-29-39)36-16-6-3-7-17-36/h3-35H,1-2H3. The van der Waals surface area contributed by atoms with Gasteiger partial charge in [-0.05, 0) is 103 Å². The zero-order valence-electron chi connectivity index (χ0n) is 30.0. The first-order valence-electron chi connectivity index (χ1n) is 18.6. The summed E-state index contributed by atoms with van der Waals surface area (Å²) in [6.45, 7) is 4.72. The van der Waals surface area contributed by atoms with Crippen LogP contribution >= 0.6 is 0 Å². The summed E-state index contributed by atoms with van der Waals surface area (Å²) in [6.07, 6.45) is 0. The lowest BCUT2D eigenvalue weighted by molar-refractivity contribution is 0.660. The summed E-state index contributed by atoms with van der Waals surface area (Å²) >= 11 is 0. The molecule has 1 nitrogen and oxygen atoms in total. The van der Waals surface area contributed by atoms with E-state index in [2.05, 4.69) is 219 Å². The van der Waals surface area contributed by atoms with Crippen LogP contribution in [0.1, 0.15) is 47.2 Å². The van der Waals surface area contributed by atoms with Crippen molar-refractivity contribution in [2.24, 2.45) is 0 Å². The number of rotatable bonds is 6. The van der Waals surface area contributed by atoms with Crippen molar-refractivity contribution in [3.8, 4) is 33.4 Å². The molecule has 0 aliphatic heterocycles. The largest absolute Gasteiger partial charge is 0.310 e. The van der Waals surface area contributed by atoms with Gasteiger partial charge in [-0.3, -0.25) is 0 Å². The Morgan fingerprint density at radius 3 is 1.43 bits per heavy atom. The monoisotopic (exact) mass is 677 g/mol. The van der Waals surface area contributed by atoms with Crippen LogP contribution in [0.25, 0.3) is 33.4 Å².